The van der Waals surface area contributed by atoms with Crippen molar-refractivity contribution < 1.29 is 32.6 Å². The number of amides is 1. The van der Waals surface area contributed by atoms with Crippen LogP contribution in [-0.2, 0) is 9.53 Å². The second-order valence-electron chi connectivity index (χ2n) is 3.83. The Hall–Kier alpha value is -2.09. The molecule has 0 radical (unpaired) electrons. The highest BCUT2D eigenvalue weighted by atomic mass is 19.4. The van der Waals surface area contributed by atoms with E-state index >= 15 is 0 Å². The van der Waals surface area contributed by atoms with Crippen molar-refractivity contribution in [3.05, 3.63) is 35.9 Å². The predicted molar refractivity (Wildman–Crippen MR) is 61.8 cm³/mol. The van der Waals surface area contributed by atoms with Gasteiger partial charge in [-0.1, -0.05) is 18.2 Å². The quantitative estimate of drug-likeness (QED) is 0.808. The van der Waals surface area contributed by atoms with Gasteiger partial charge in [-0.05, 0) is 12.1 Å². The maximum absolute atomic E-state index is 12.8. The van der Waals surface area contributed by atoms with Gasteiger partial charge in [-0.2, -0.15) is 13.2 Å². The second kappa shape index (κ2) is 6.38. The SMILES string of the molecule is COC(=O)[C@@H](O)[C@@H](NC(=O)c1ccccc1)C(F)(F)F. The molecule has 2 N–H and O–H groups in total. The summed E-state index contributed by atoms with van der Waals surface area (Å²) in [6.07, 6.45) is -7.54. The lowest BCUT2D eigenvalue weighted by Gasteiger charge is -2.24. The summed E-state index contributed by atoms with van der Waals surface area (Å²) in [6.45, 7) is 0. The summed E-state index contributed by atoms with van der Waals surface area (Å²) in [7, 11) is 0.831. The van der Waals surface area contributed by atoms with Crippen LogP contribution in [0.3, 0.4) is 0 Å². The predicted octanol–water partition coefficient (Wildman–Crippen LogP) is 0.881. The molecule has 1 amide bonds. The van der Waals surface area contributed by atoms with Crippen molar-refractivity contribution in [2.75, 3.05) is 7.11 Å². The van der Waals surface area contributed by atoms with Gasteiger partial charge in [0, 0.05) is 5.56 Å². The number of benzene rings is 1. The van der Waals surface area contributed by atoms with Crippen molar-refractivity contribution in [3.63, 3.8) is 0 Å². The molecule has 0 unspecified atom stereocenters. The first-order valence-electron chi connectivity index (χ1n) is 5.46. The first-order valence-corrected chi connectivity index (χ1v) is 5.46. The Kier molecular flexibility index (Phi) is 5.09. The van der Waals surface area contributed by atoms with Crippen molar-refractivity contribution >= 4 is 11.9 Å². The second-order valence-corrected chi connectivity index (χ2v) is 3.83. The Morgan fingerprint density at radius 2 is 1.80 bits per heavy atom. The minimum Gasteiger partial charge on any atom is -0.467 e. The summed E-state index contributed by atoms with van der Waals surface area (Å²) < 4.78 is 42.3. The van der Waals surface area contributed by atoms with Gasteiger partial charge in [-0.25, -0.2) is 4.79 Å². The third kappa shape index (κ3) is 3.95. The minimum absolute atomic E-state index is 0.0289. The number of carbonyl (C=O) groups is 2. The largest absolute Gasteiger partial charge is 0.467 e. The summed E-state index contributed by atoms with van der Waals surface area (Å²) in [6, 6.07) is 4.37. The van der Waals surface area contributed by atoms with E-state index in [4.69, 9.17) is 0 Å². The van der Waals surface area contributed by atoms with Gasteiger partial charge in [0.1, 0.15) is 0 Å². The van der Waals surface area contributed by atoms with E-state index in [2.05, 4.69) is 4.74 Å². The van der Waals surface area contributed by atoms with Crippen molar-refractivity contribution in [1.82, 2.24) is 5.32 Å². The molecular formula is C12H12F3NO4. The molecule has 2 atom stereocenters. The first kappa shape index (κ1) is 16.0. The molecule has 0 aliphatic rings. The Labute approximate surface area is 112 Å². The molecule has 0 bridgehead atoms. The fourth-order valence-corrected chi connectivity index (χ4v) is 1.41. The van der Waals surface area contributed by atoms with Crippen LogP contribution in [0.2, 0.25) is 0 Å². The van der Waals surface area contributed by atoms with Crippen LogP contribution in [-0.4, -0.2) is 42.4 Å². The van der Waals surface area contributed by atoms with Gasteiger partial charge in [0.05, 0.1) is 7.11 Å². The van der Waals surface area contributed by atoms with Gasteiger partial charge in [-0.3, -0.25) is 4.79 Å². The van der Waals surface area contributed by atoms with Gasteiger partial charge >= 0.3 is 12.1 Å². The van der Waals surface area contributed by atoms with E-state index < -0.39 is 30.2 Å². The van der Waals surface area contributed by atoms with E-state index in [1.807, 2.05) is 0 Å². The van der Waals surface area contributed by atoms with E-state index in [0.717, 1.165) is 7.11 Å². The summed E-state index contributed by atoms with van der Waals surface area (Å²) in [5.74, 6) is -2.54. The number of rotatable bonds is 4. The van der Waals surface area contributed by atoms with Gasteiger partial charge in [-0.15, -0.1) is 0 Å². The summed E-state index contributed by atoms with van der Waals surface area (Å²) in [5.41, 5.74) is -0.0289. The van der Waals surface area contributed by atoms with Crippen molar-refractivity contribution in [3.8, 4) is 0 Å². The third-order valence-electron chi connectivity index (χ3n) is 2.43. The van der Waals surface area contributed by atoms with Gasteiger partial charge < -0.3 is 15.2 Å². The van der Waals surface area contributed by atoms with Crippen LogP contribution in [0.15, 0.2) is 30.3 Å². The zero-order valence-electron chi connectivity index (χ0n) is 10.3. The van der Waals surface area contributed by atoms with Crippen LogP contribution in [0, 0.1) is 0 Å². The zero-order chi connectivity index (χ0) is 15.3. The van der Waals surface area contributed by atoms with Crippen molar-refractivity contribution in [2.24, 2.45) is 0 Å². The lowest BCUT2D eigenvalue weighted by molar-refractivity contribution is -0.188. The first-order chi connectivity index (χ1) is 9.27. The fourth-order valence-electron chi connectivity index (χ4n) is 1.41. The smallest absolute Gasteiger partial charge is 0.411 e. The summed E-state index contributed by atoms with van der Waals surface area (Å²) in [4.78, 5) is 22.6. The molecule has 0 fully saturated rings. The van der Waals surface area contributed by atoms with Crippen LogP contribution < -0.4 is 5.32 Å². The highest BCUT2D eigenvalue weighted by Crippen LogP contribution is 2.23. The number of hydrogen-bond donors (Lipinski definition) is 2. The number of hydrogen-bond acceptors (Lipinski definition) is 4. The van der Waals surface area contributed by atoms with E-state index in [9.17, 15) is 27.9 Å². The summed E-state index contributed by atoms with van der Waals surface area (Å²) >= 11 is 0. The number of ether oxygens (including phenoxy) is 1. The van der Waals surface area contributed by atoms with E-state index in [1.165, 1.54) is 24.3 Å². The standard InChI is InChI=1S/C12H12F3NO4/c1-20-11(19)8(17)9(12(13,14)15)16-10(18)7-5-3-2-4-6-7/h2-6,8-9,17H,1H3,(H,16,18)/t8-,9+/m0/s1. The maximum atomic E-state index is 12.8. The highest BCUT2D eigenvalue weighted by molar-refractivity contribution is 5.94. The van der Waals surface area contributed by atoms with E-state index in [-0.39, 0.29) is 5.56 Å². The molecule has 0 aliphatic heterocycles. The molecule has 0 saturated heterocycles. The minimum atomic E-state index is -5.00. The van der Waals surface area contributed by atoms with Crippen LogP contribution in [0.25, 0.3) is 0 Å². The third-order valence-corrected chi connectivity index (χ3v) is 2.43. The number of halogens is 3. The molecule has 0 saturated carbocycles. The van der Waals surface area contributed by atoms with Crippen LogP contribution in [0.4, 0.5) is 13.2 Å². The molecule has 1 rings (SSSR count). The Morgan fingerprint density at radius 1 is 1.25 bits per heavy atom. The van der Waals surface area contributed by atoms with Gasteiger partial charge in [0.2, 0.25) is 0 Å². The molecule has 0 heterocycles. The molecule has 0 spiro atoms. The van der Waals surface area contributed by atoms with Crippen LogP contribution in [0.5, 0.6) is 0 Å². The Bertz CT molecular complexity index is 475. The molecule has 0 aliphatic carbocycles. The lowest BCUT2D eigenvalue weighted by Crippen LogP contribution is -2.55. The van der Waals surface area contributed by atoms with Crippen molar-refractivity contribution in [1.29, 1.82) is 0 Å². The summed E-state index contributed by atoms with van der Waals surface area (Å²) in [5, 5.41) is 10.9. The van der Waals surface area contributed by atoms with E-state index in [1.54, 1.807) is 11.4 Å². The monoisotopic (exact) mass is 291 g/mol. The number of alkyl halides is 3. The molecule has 20 heavy (non-hydrogen) atoms. The van der Waals surface area contributed by atoms with Crippen molar-refractivity contribution in [2.45, 2.75) is 18.3 Å². The average molecular weight is 291 g/mol. The molecule has 1 aromatic rings. The van der Waals surface area contributed by atoms with Crippen LogP contribution >= 0.6 is 0 Å². The molecule has 0 aromatic heterocycles. The number of methoxy groups -OCH3 is 1. The number of aliphatic hydroxyl groups is 1. The van der Waals surface area contributed by atoms with Crippen LogP contribution in [0.1, 0.15) is 10.4 Å². The topological polar surface area (TPSA) is 75.6 Å². The Balaban J connectivity index is 2.92. The molecular weight excluding hydrogens is 279 g/mol. The Morgan fingerprint density at radius 3 is 2.25 bits per heavy atom. The number of esters is 1. The molecule has 5 nitrogen and oxygen atoms in total. The van der Waals surface area contributed by atoms with Gasteiger partial charge in [0.15, 0.2) is 12.1 Å². The highest BCUT2D eigenvalue weighted by Gasteiger charge is 2.48. The normalized spacial score (nSPS) is 14.2. The maximum Gasteiger partial charge on any atom is 0.411 e. The fraction of sp³-hybridized carbons (Fsp3) is 0.333. The zero-order valence-corrected chi connectivity index (χ0v) is 10.3. The number of nitrogens with one attached hydrogen (secondary N) is 1. The van der Waals surface area contributed by atoms with Gasteiger partial charge in [0.25, 0.3) is 5.91 Å². The lowest BCUT2D eigenvalue weighted by atomic mass is 10.1. The average Bonchev–Trinajstić information content (AvgIpc) is 2.42. The molecule has 8 heteroatoms. The molecule has 1 aromatic carbocycles. The number of carbonyl (C=O) groups excluding carboxylic acids is 2. The number of aliphatic hydroxyl groups excluding tert-OH is 1. The molecule has 110 valence electrons. The van der Waals surface area contributed by atoms with E-state index in [0.29, 0.717) is 0 Å².